The number of ether oxygens (including phenoxy) is 1. The summed E-state index contributed by atoms with van der Waals surface area (Å²) in [7, 11) is 1.78. The van der Waals surface area contributed by atoms with Crippen molar-refractivity contribution in [2.45, 2.75) is 84.0 Å². The molecule has 2 saturated carbocycles. The lowest BCUT2D eigenvalue weighted by Crippen LogP contribution is -2.35. The van der Waals surface area contributed by atoms with E-state index in [9.17, 15) is 0 Å². The number of rotatable bonds is 5. The summed E-state index contributed by atoms with van der Waals surface area (Å²) in [5.41, 5.74) is 3.15. The largest absolute Gasteiger partial charge is 0.497 e. The van der Waals surface area contributed by atoms with Crippen LogP contribution in [0.4, 0.5) is 0 Å². The zero-order valence-corrected chi connectivity index (χ0v) is 17.0. The molecule has 1 aromatic rings. The summed E-state index contributed by atoms with van der Waals surface area (Å²) < 4.78 is 5.42. The molecule has 1 heteroatoms. The van der Waals surface area contributed by atoms with E-state index in [0.29, 0.717) is 0 Å². The summed E-state index contributed by atoms with van der Waals surface area (Å²) in [6, 6.07) is 6.78. The summed E-state index contributed by atoms with van der Waals surface area (Å²) in [6.07, 6.45) is 17.5. The molecule has 0 bridgehead atoms. The Bertz CT molecular complexity index is 592. The van der Waals surface area contributed by atoms with E-state index in [0.717, 1.165) is 35.3 Å². The fraction of sp³-hybridized carbons (Fsp3) is 0.760. The molecule has 4 rings (SSSR count). The summed E-state index contributed by atoms with van der Waals surface area (Å²) in [6.45, 7) is 2.34. The lowest BCUT2D eigenvalue weighted by Gasteiger charge is -2.45. The summed E-state index contributed by atoms with van der Waals surface area (Å²) in [4.78, 5) is 0. The van der Waals surface area contributed by atoms with Crippen LogP contribution in [0.3, 0.4) is 0 Å². The second-order valence-corrected chi connectivity index (χ2v) is 9.55. The van der Waals surface area contributed by atoms with Crippen molar-refractivity contribution in [2.75, 3.05) is 7.11 Å². The highest BCUT2D eigenvalue weighted by molar-refractivity contribution is 5.37. The van der Waals surface area contributed by atoms with Crippen molar-refractivity contribution in [2.24, 2.45) is 29.6 Å². The Kier molecular flexibility index (Phi) is 5.91. The van der Waals surface area contributed by atoms with Gasteiger partial charge in [-0.3, -0.25) is 0 Å². The molecule has 3 aliphatic carbocycles. The van der Waals surface area contributed by atoms with Crippen LogP contribution in [0.25, 0.3) is 0 Å². The maximum absolute atomic E-state index is 5.42. The van der Waals surface area contributed by atoms with Gasteiger partial charge >= 0.3 is 0 Å². The van der Waals surface area contributed by atoms with Gasteiger partial charge in [0.2, 0.25) is 0 Å². The van der Waals surface area contributed by atoms with E-state index in [1.807, 2.05) is 0 Å². The fourth-order valence-electron chi connectivity index (χ4n) is 6.49. The number of methoxy groups -OCH3 is 1. The second kappa shape index (κ2) is 8.36. The molecule has 0 heterocycles. The molecule has 0 aliphatic heterocycles. The van der Waals surface area contributed by atoms with Gasteiger partial charge in [-0.1, -0.05) is 38.7 Å². The zero-order chi connectivity index (χ0) is 17.9. The minimum atomic E-state index is 0.939. The number of benzene rings is 1. The van der Waals surface area contributed by atoms with Crippen LogP contribution >= 0.6 is 0 Å². The Hall–Kier alpha value is -0.980. The molecular formula is C25H38O. The van der Waals surface area contributed by atoms with E-state index in [1.165, 1.54) is 64.2 Å². The standard InChI is InChI=1S/C25H38O/c1-3-4-5-18-6-7-20-15-21(9-8-19(20)14-18)22-10-11-24-17-25(26-2)13-12-23(24)16-22/h12-13,17-22H,3-11,14-16H2,1-2H3. The first-order chi connectivity index (χ1) is 12.8. The zero-order valence-electron chi connectivity index (χ0n) is 17.0. The first kappa shape index (κ1) is 18.4. The van der Waals surface area contributed by atoms with Crippen LogP contribution in [0.15, 0.2) is 18.2 Å². The monoisotopic (exact) mass is 354 g/mol. The third-order valence-corrected chi connectivity index (χ3v) is 8.07. The van der Waals surface area contributed by atoms with E-state index in [4.69, 9.17) is 4.74 Å². The highest BCUT2D eigenvalue weighted by Gasteiger charge is 2.38. The smallest absolute Gasteiger partial charge is 0.119 e. The van der Waals surface area contributed by atoms with Gasteiger partial charge in [0, 0.05) is 0 Å². The van der Waals surface area contributed by atoms with Gasteiger partial charge in [-0.15, -0.1) is 0 Å². The molecule has 0 aromatic heterocycles. The molecule has 5 atom stereocenters. The van der Waals surface area contributed by atoms with E-state index < -0.39 is 0 Å². The normalized spacial score (nSPS) is 34.0. The predicted molar refractivity (Wildman–Crippen MR) is 110 cm³/mol. The summed E-state index contributed by atoms with van der Waals surface area (Å²) in [5.74, 6) is 6.16. The topological polar surface area (TPSA) is 9.23 Å². The van der Waals surface area contributed by atoms with Crippen LogP contribution in [0.2, 0.25) is 0 Å². The van der Waals surface area contributed by atoms with Crippen LogP contribution in [0.1, 0.15) is 82.3 Å². The highest BCUT2D eigenvalue weighted by atomic mass is 16.5. The van der Waals surface area contributed by atoms with Crippen molar-refractivity contribution in [1.29, 1.82) is 0 Å². The molecule has 0 amide bonds. The molecule has 0 radical (unpaired) electrons. The number of hydrogen-bond acceptors (Lipinski definition) is 1. The van der Waals surface area contributed by atoms with Gasteiger partial charge in [-0.05, 0) is 104 Å². The van der Waals surface area contributed by atoms with Crippen molar-refractivity contribution in [3.05, 3.63) is 29.3 Å². The van der Waals surface area contributed by atoms with Gasteiger partial charge in [0.15, 0.2) is 0 Å². The minimum Gasteiger partial charge on any atom is -0.497 e. The minimum absolute atomic E-state index is 0.939. The molecule has 5 unspecified atom stereocenters. The Labute approximate surface area is 160 Å². The van der Waals surface area contributed by atoms with Crippen molar-refractivity contribution < 1.29 is 4.74 Å². The number of fused-ring (bicyclic) bond motifs is 2. The van der Waals surface area contributed by atoms with Crippen LogP contribution in [-0.4, -0.2) is 7.11 Å². The average Bonchev–Trinajstić information content (AvgIpc) is 2.70. The van der Waals surface area contributed by atoms with Crippen molar-refractivity contribution in [1.82, 2.24) is 0 Å². The highest BCUT2D eigenvalue weighted by Crippen LogP contribution is 2.49. The Morgan fingerprint density at radius 2 is 1.65 bits per heavy atom. The SMILES string of the molecule is CCCCC1CCC2CC(C3CCc4cc(OC)ccc4C3)CCC2C1. The Morgan fingerprint density at radius 3 is 2.46 bits per heavy atom. The molecule has 26 heavy (non-hydrogen) atoms. The number of hydrogen-bond donors (Lipinski definition) is 0. The molecule has 144 valence electrons. The van der Waals surface area contributed by atoms with E-state index in [-0.39, 0.29) is 0 Å². The number of unbranched alkanes of at least 4 members (excludes halogenated alkanes) is 1. The first-order valence-corrected chi connectivity index (χ1v) is 11.4. The summed E-state index contributed by atoms with van der Waals surface area (Å²) >= 11 is 0. The van der Waals surface area contributed by atoms with Gasteiger partial charge in [-0.25, -0.2) is 0 Å². The molecular weight excluding hydrogens is 316 g/mol. The molecule has 0 saturated heterocycles. The number of aryl methyl sites for hydroxylation is 1. The van der Waals surface area contributed by atoms with Crippen molar-refractivity contribution in [3.63, 3.8) is 0 Å². The lowest BCUT2D eigenvalue weighted by molar-refractivity contribution is 0.0691. The van der Waals surface area contributed by atoms with Crippen LogP contribution in [-0.2, 0) is 12.8 Å². The molecule has 2 fully saturated rings. The molecule has 3 aliphatic rings. The molecule has 1 aromatic carbocycles. The maximum Gasteiger partial charge on any atom is 0.119 e. The quantitative estimate of drug-likeness (QED) is 0.563. The lowest BCUT2D eigenvalue weighted by atomic mass is 9.61. The van der Waals surface area contributed by atoms with Crippen molar-refractivity contribution in [3.8, 4) is 5.75 Å². The van der Waals surface area contributed by atoms with Crippen molar-refractivity contribution >= 4 is 0 Å². The fourth-order valence-corrected chi connectivity index (χ4v) is 6.49. The van der Waals surface area contributed by atoms with Crippen LogP contribution < -0.4 is 4.74 Å². The molecule has 0 spiro atoms. The van der Waals surface area contributed by atoms with Gasteiger partial charge in [0.05, 0.1) is 7.11 Å². The van der Waals surface area contributed by atoms with Crippen LogP contribution in [0.5, 0.6) is 5.75 Å². The molecule has 1 nitrogen and oxygen atoms in total. The van der Waals surface area contributed by atoms with Gasteiger partial charge < -0.3 is 4.74 Å². The van der Waals surface area contributed by atoms with Gasteiger partial charge in [-0.2, -0.15) is 0 Å². The Morgan fingerprint density at radius 1 is 0.885 bits per heavy atom. The Balaban J connectivity index is 1.33. The van der Waals surface area contributed by atoms with E-state index in [1.54, 1.807) is 31.1 Å². The third kappa shape index (κ3) is 3.97. The van der Waals surface area contributed by atoms with Crippen LogP contribution in [0, 0.1) is 29.6 Å². The van der Waals surface area contributed by atoms with E-state index in [2.05, 4.69) is 25.1 Å². The average molecular weight is 355 g/mol. The second-order valence-electron chi connectivity index (χ2n) is 9.55. The molecule has 0 N–H and O–H groups in total. The van der Waals surface area contributed by atoms with E-state index >= 15 is 0 Å². The maximum atomic E-state index is 5.42. The first-order valence-electron chi connectivity index (χ1n) is 11.4. The summed E-state index contributed by atoms with van der Waals surface area (Å²) in [5, 5.41) is 0. The van der Waals surface area contributed by atoms with Gasteiger partial charge in [0.25, 0.3) is 0 Å². The predicted octanol–water partition coefficient (Wildman–Crippen LogP) is 6.82. The van der Waals surface area contributed by atoms with Gasteiger partial charge in [0.1, 0.15) is 5.75 Å². The third-order valence-electron chi connectivity index (χ3n) is 8.07.